The minimum absolute atomic E-state index is 0.480. The second-order valence-electron chi connectivity index (χ2n) is 5.96. The normalized spacial score (nSPS) is 24.4. The maximum Gasteiger partial charge on any atom is 0.166 e. The topological polar surface area (TPSA) is 27.3 Å². The number of hydrogen-bond acceptors (Lipinski definition) is 2. The molecule has 0 aromatic heterocycles. The van der Waals surface area contributed by atoms with Gasteiger partial charge in [0.25, 0.3) is 0 Å². The van der Waals surface area contributed by atoms with Crippen LogP contribution in [0.2, 0.25) is 0 Å². The Bertz CT molecular complexity index is 458. The van der Waals surface area contributed by atoms with Crippen LogP contribution in [0.4, 0.5) is 0 Å². The van der Waals surface area contributed by atoms with Gasteiger partial charge in [-0.2, -0.15) is 0 Å². The Morgan fingerprint density at radius 1 is 1.15 bits per heavy atom. The molecule has 2 unspecified atom stereocenters. The van der Waals surface area contributed by atoms with E-state index in [0.29, 0.717) is 18.1 Å². The lowest BCUT2D eigenvalue weighted by atomic mass is 10.1. The van der Waals surface area contributed by atoms with Crippen LogP contribution in [-0.4, -0.2) is 35.2 Å². The van der Waals surface area contributed by atoms with E-state index in [0.717, 1.165) is 18.2 Å². The fourth-order valence-electron chi connectivity index (χ4n) is 2.84. The molecule has 1 aromatic carbocycles. The van der Waals surface area contributed by atoms with Gasteiger partial charge in [0.2, 0.25) is 0 Å². The van der Waals surface area contributed by atoms with E-state index in [4.69, 9.17) is 12.2 Å². The predicted octanol–water partition coefficient (Wildman–Crippen LogP) is 2.45. The number of hydrogen-bond donors (Lipinski definition) is 2. The van der Waals surface area contributed by atoms with Crippen molar-refractivity contribution in [2.24, 2.45) is 0 Å². The van der Waals surface area contributed by atoms with Gasteiger partial charge in [0, 0.05) is 31.2 Å². The first kappa shape index (κ1) is 13.8. The molecule has 0 spiro atoms. The van der Waals surface area contributed by atoms with Crippen molar-refractivity contribution in [3.63, 3.8) is 0 Å². The van der Waals surface area contributed by atoms with E-state index in [2.05, 4.69) is 52.8 Å². The minimum Gasteiger partial charge on any atom is -0.360 e. The Kier molecular flexibility index (Phi) is 4.22. The van der Waals surface area contributed by atoms with Gasteiger partial charge in [0.05, 0.1) is 0 Å². The van der Waals surface area contributed by atoms with Gasteiger partial charge in [-0.3, -0.25) is 4.90 Å². The lowest BCUT2D eigenvalue weighted by Crippen LogP contribution is -2.44. The smallest absolute Gasteiger partial charge is 0.166 e. The Labute approximate surface area is 126 Å². The molecule has 1 aromatic rings. The quantitative estimate of drug-likeness (QED) is 0.833. The third kappa shape index (κ3) is 3.49. The van der Waals surface area contributed by atoms with E-state index in [9.17, 15) is 0 Å². The van der Waals surface area contributed by atoms with Gasteiger partial charge >= 0.3 is 0 Å². The number of nitrogens with one attached hydrogen (secondary N) is 2. The maximum atomic E-state index is 5.36. The van der Waals surface area contributed by atoms with Gasteiger partial charge in [-0.05, 0) is 44.0 Å². The minimum atomic E-state index is 0.480. The molecule has 0 radical (unpaired) electrons. The first-order valence-corrected chi connectivity index (χ1v) is 7.99. The number of nitrogens with zero attached hydrogens (tertiary/aromatic N) is 1. The molecule has 1 aliphatic heterocycles. The summed E-state index contributed by atoms with van der Waals surface area (Å²) >= 11 is 5.36. The second kappa shape index (κ2) is 6.10. The number of rotatable bonds is 4. The molecule has 1 aliphatic carbocycles. The summed E-state index contributed by atoms with van der Waals surface area (Å²) in [5, 5.41) is 7.66. The zero-order chi connectivity index (χ0) is 13.9. The molecule has 108 valence electrons. The Hall–Kier alpha value is -1.13. The zero-order valence-electron chi connectivity index (χ0n) is 12.0. The average Bonchev–Trinajstić information content (AvgIpc) is 3.15. The molecule has 0 amide bonds. The number of likely N-dealkylation sites (tertiary alicyclic amines) is 1. The molecule has 1 saturated heterocycles. The van der Waals surface area contributed by atoms with Crippen molar-refractivity contribution in [2.45, 2.75) is 44.3 Å². The lowest BCUT2D eigenvalue weighted by Gasteiger charge is -2.25. The van der Waals surface area contributed by atoms with Crippen LogP contribution in [0.1, 0.15) is 37.8 Å². The van der Waals surface area contributed by atoms with Gasteiger partial charge in [-0.1, -0.05) is 30.3 Å². The SMILES string of the molecule is CC(c1ccccc1)N1CCC(NC(=S)NC2CC2)C1. The summed E-state index contributed by atoms with van der Waals surface area (Å²) in [5.41, 5.74) is 1.40. The van der Waals surface area contributed by atoms with Gasteiger partial charge in [0.15, 0.2) is 5.11 Å². The Morgan fingerprint density at radius 3 is 2.55 bits per heavy atom. The standard InChI is InChI=1S/C16H23N3S/c1-12(13-5-3-2-4-6-13)19-10-9-15(11-19)18-16(20)17-14-7-8-14/h2-6,12,14-15H,7-11H2,1H3,(H2,17,18,20). The van der Waals surface area contributed by atoms with E-state index in [1.54, 1.807) is 0 Å². The Balaban J connectivity index is 1.49. The van der Waals surface area contributed by atoms with Crippen LogP contribution in [0.15, 0.2) is 30.3 Å². The first-order chi connectivity index (χ1) is 9.72. The third-order valence-electron chi connectivity index (χ3n) is 4.30. The van der Waals surface area contributed by atoms with E-state index < -0.39 is 0 Å². The molecule has 3 rings (SSSR count). The van der Waals surface area contributed by atoms with Crippen molar-refractivity contribution >= 4 is 17.3 Å². The first-order valence-electron chi connectivity index (χ1n) is 7.58. The van der Waals surface area contributed by atoms with E-state index in [1.807, 2.05) is 0 Å². The van der Waals surface area contributed by atoms with Crippen molar-refractivity contribution in [1.82, 2.24) is 15.5 Å². The van der Waals surface area contributed by atoms with Crippen LogP contribution in [0.3, 0.4) is 0 Å². The van der Waals surface area contributed by atoms with Gasteiger partial charge in [0.1, 0.15) is 0 Å². The van der Waals surface area contributed by atoms with Crippen LogP contribution in [0.25, 0.3) is 0 Å². The van der Waals surface area contributed by atoms with Crippen molar-refractivity contribution in [3.05, 3.63) is 35.9 Å². The van der Waals surface area contributed by atoms with Gasteiger partial charge in [-0.15, -0.1) is 0 Å². The summed E-state index contributed by atoms with van der Waals surface area (Å²) in [7, 11) is 0. The second-order valence-corrected chi connectivity index (χ2v) is 6.37. The molecule has 20 heavy (non-hydrogen) atoms. The summed E-state index contributed by atoms with van der Waals surface area (Å²) in [6.45, 7) is 4.50. The molecule has 0 bridgehead atoms. The highest BCUT2D eigenvalue weighted by molar-refractivity contribution is 7.80. The maximum absolute atomic E-state index is 5.36. The summed E-state index contributed by atoms with van der Waals surface area (Å²) < 4.78 is 0. The van der Waals surface area contributed by atoms with Crippen molar-refractivity contribution in [1.29, 1.82) is 0 Å². The predicted molar refractivity (Wildman–Crippen MR) is 86.7 cm³/mol. The molecule has 1 heterocycles. The van der Waals surface area contributed by atoms with Crippen molar-refractivity contribution in [2.75, 3.05) is 13.1 Å². The summed E-state index contributed by atoms with van der Waals surface area (Å²) in [4.78, 5) is 2.53. The summed E-state index contributed by atoms with van der Waals surface area (Å²) in [6, 6.07) is 12.3. The van der Waals surface area contributed by atoms with Gasteiger partial charge < -0.3 is 10.6 Å². The van der Waals surface area contributed by atoms with Crippen LogP contribution in [0.5, 0.6) is 0 Å². The molecule has 3 nitrogen and oxygen atoms in total. The molecule has 2 fully saturated rings. The molecule has 2 aliphatic rings. The van der Waals surface area contributed by atoms with Crippen LogP contribution in [-0.2, 0) is 0 Å². The molecular weight excluding hydrogens is 266 g/mol. The molecular formula is C16H23N3S. The van der Waals surface area contributed by atoms with E-state index in [1.165, 1.54) is 24.8 Å². The summed E-state index contributed by atoms with van der Waals surface area (Å²) in [6.07, 6.45) is 3.71. The number of benzene rings is 1. The Morgan fingerprint density at radius 2 is 1.85 bits per heavy atom. The van der Waals surface area contributed by atoms with E-state index in [-0.39, 0.29) is 0 Å². The molecule has 4 heteroatoms. The lowest BCUT2D eigenvalue weighted by molar-refractivity contribution is 0.258. The highest BCUT2D eigenvalue weighted by Crippen LogP contribution is 2.24. The molecule has 2 atom stereocenters. The third-order valence-corrected chi connectivity index (χ3v) is 4.53. The largest absolute Gasteiger partial charge is 0.360 e. The highest BCUT2D eigenvalue weighted by Gasteiger charge is 2.28. The zero-order valence-corrected chi connectivity index (χ0v) is 12.8. The fraction of sp³-hybridized carbons (Fsp3) is 0.562. The van der Waals surface area contributed by atoms with E-state index >= 15 is 0 Å². The van der Waals surface area contributed by atoms with Crippen molar-refractivity contribution in [3.8, 4) is 0 Å². The van der Waals surface area contributed by atoms with Crippen LogP contribution in [0, 0.1) is 0 Å². The average molecular weight is 289 g/mol. The van der Waals surface area contributed by atoms with Crippen LogP contribution < -0.4 is 10.6 Å². The summed E-state index contributed by atoms with van der Waals surface area (Å²) in [5.74, 6) is 0. The molecule has 1 saturated carbocycles. The van der Waals surface area contributed by atoms with Crippen molar-refractivity contribution < 1.29 is 0 Å². The van der Waals surface area contributed by atoms with Crippen LogP contribution >= 0.6 is 12.2 Å². The monoisotopic (exact) mass is 289 g/mol. The fourth-order valence-corrected chi connectivity index (χ4v) is 3.17. The molecule has 2 N–H and O–H groups in total. The van der Waals surface area contributed by atoms with Gasteiger partial charge in [-0.25, -0.2) is 0 Å². The highest BCUT2D eigenvalue weighted by atomic mass is 32.1. The number of thiocarbonyl (C=S) groups is 1.